The van der Waals surface area contributed by atoms with Crippen molar-refractivity contribution in [3.63, 3.8) is 0 Å². The van der Waals surface area contributed by atoms with Crippen LogP contribution in [0.25, 0.3) is 0 Å². The molecule has 0 aliphatic heterocycles. The van der Waals surface area contributed by atoms with Gasteiger partial charge in [0.05, 0.1) is 0 Å². The molecule has 1 aromatic rings. The second kappa shape index (κ2) is 6.95. The molecule has 2 nitrogen and oxygen atoms in total. The van der Waals surface area contributed by atoms with Gasteiger partial charge in [-0.25, -0.2) is 0 Å². The molecule has 0 radical (unpaired) electrons. The van der Waals surface area contributed by atoms with Crippen LogP contribution < -0.4 is 4.89 Å². The lowest BCUT2D eigenvalue weighted by Gasteiger charge is -2.32. The zero-order chi connectivity index (χ0) is 14.5. The van der Waals surface area contributed by atoms with Crippen molar-refractivity contribution < 1.29 is 9.78 Å². The van der Waals surface area contributed by atoms with Gasteiger partial charge in [0.1, 0.15) is 5.60 Å². The Morgan fingerprint density at radius 1 is 1.11 bits per heavy atom. The Hall–Kier alpha value is -1.02. The summed E-state index contributed by atoms with van der Waals surface area (Å²) in [6, 6.07) is 8.09. The molecule has 0 amide bonds. The standard InChI is InChI=1S/C17H28O2/c1-7-14(5)17(6,8-2)19-18-16-12-10-9-11-15(16)13(3)4/h9-14H,7-8H2,1-6H3. The largest absolute Gasteiger partial charge is 0.337 e. The molecular formula is C17H28O2. The molecular weight excluding hydrogens is 236 g/mol. The van der Waals surface area contributed by atoms with Crippen molar-refractivity contribution in [2.45, 2.75) is 65.9 Å². The summed E-state index contributed by atoms with van der Waals surface area (Å²) >= 11 is 0. The number of para-hydroxylation sites is 1. The topological polar surface area (TPSA) is 18.5 Å². The summed E-state index contributed by atoms with van der Waals surface area (Å²) in [5.41, 5.74) is 0.948. The Labute approximate surface area is 118 Å². The summed E-state index contributed by atoms with van der Waals surface area (Å²) < 4.78 is 0. The summed E-state index contributed by atoms with van der Waals surface area (Å²) in [5.74, 6) is 1.72. The van der Waals surface area contributed by atoms with E-state index in [9.17, 15) is 0 Å². The van der Waals surface area contributed by atoms with Crippen LogP contribution in [0.4, 0.5) is 0 Å². The Balaban J connectivity index is 2.81. The van der Waals surface area contributed by atoms with Crippen molar-refractivity contribution in [2.24, 2.45) is 5.92 Å². The molecule has 1 rings (SSSR count). The fraction of sp³-hybridized carbons (Fsp3) is 0.647. The lowest BCUT2D eigenvalue weighted by Crippen LogP contribution is -2.36. The fourth-order valence-corrected chi connectivity index (χ4v) is 2.09. The molecule has 0 heterocycles. The molecule has 0 aliphatic rings. The normalized spacial score (nSPS) is 16.2. The molecule has 2 unspecified atom stereocenters. The summed E-state index contributed by atoms with van der Waals surface area (Å²) in [4.78, 5) is 11.5. The maximum absolute atomic E-state index is 5.81. The highest BCUT2D eigenvalue weighted by Crippen LogP contribution is 2.31. The summed E-state index contributed by atoms with van der Waals surface area (Å²) in [6.07, 6.45) is 2.02. The second-order valence-corrected chi connectivity index (χ2v) is 5.83. The van der Waals surface area contributed by atoms with Crippen molar-refractivity contribution in [1.29, 1.82) is 0 Å². The van der Waals surface area contributed by atoms with Gasteiger partial charge in [-0.3, -0.25) is 0 Å². The fourth-order valence-electron chi connectivity index (χ4n) is 2.09. The van der Waals surface area contributed by atoms with Gasteiger partial charge in [-0.2, -0.15) is 4.89 Å². The predicted octanol–water partition coefficient (Wildman–Crippen LogP) is 5.34. The summed E-state index contributed by atoms with van der Waals surface area (Å²) in [5, 5.41) is 0. The van der Waals surface area contributed by atoms with Crippen LogP contribution in [0.3, 0.4) is 0 Å². The zero-order valence-electron chi connectivity index (χ0n) is 13.2. The quantitative estimate of drug-likeness (QED) is 0.489. The summed E-state index contributed by atoms with van der Waals surface area (Å²) in [7, 11) is 0. The second-order valence-electron chi connectivity index (χ2n) is 5.83. The average molecular weight is 264 g/mol. The highest BCUT2D eigenvalue weighted by molar-refractivity contribution is 5.35. The van der Waals surface area contributed by atoms with Gasteiger partial charge in [-0.1, -0.05) is 59.2 Å². The Morgan fingerprint density at radius 2 is 1.74 bits per heavy atom. The average Bonchev–Trinajstić information content (AvgIpc) is 2.43. The molecule has 0 N–H and O–H groups in total. The minimum absolute atomic E-state index is 0.237. The monoisotopic (exact) mass is 264 g/mol. The number of hydrogen-bond donors (Lipinski definition) is 0. The molecule has 0 bridgehead atoms. The van der Waals surface area contributed by atoms with Gasteiger partial charge in [-0.05, 0) is 31.2 Å². The number of rotatable bonds is 7. The van der Waals surface area contributed by atoms with E-state index in [0.29, 0.717) is 11.8 Å². The summed E-state index contributed by atoms with van der Waals surface area (Å²) in [6.45, 7) is 13.0. The minimum atomic E-state index is -0.237. The minimum Gasteiger partial charge on any atom is -0.337 e. The number of benzene rings is 1. The molecule has 0 aliphatic carbocycles. The van der Waals surface area contributed by atoms with Crippen LogP contribution in [0, 0.1) is 5.92 Å². The maximum atomic E-state index is 5.81. The van der Waals surface area contributed by atoms with Crippen LogP contribution in [-0.4, -0.2) is 5.60 Å². The molecule has 2 atom stereocenters. The van der Waals surface area contributed by atoms with Gasteiger partial charge >= 0.3 is 0 Å². The molecule has 0 fully saturated rings. The zero-order valence-corrected chi connectivity index (χ0v) is 13.2. The van der Waals surface area contributed by atoms with E-state index in [1.54, 1.807) is 0 Å². The molecule has 0 saturated carbocycles. The predicted molar refractivity (Wildman–Crippen MR) is 80.4 cm³/mol. The van der Waals surface area contributed by atoms with Crippen molar-refractivity contribution >= 4 is 0 Å². The Morgan fingerprint density at radius 3 is 2.26 bits per heavy atom. The SMILES string of the molecule is CCC(C)C(C)(CC)OOc1ccccc1C(C)C. The van der Waals surface area contributed by atoms with E-state index in [4.69, 9.17) is 9.78 Å². The van der Waals surface area contributed by atoms with Crippen LogP contribution in [0.2, 0.25) is 0 Å². The smallest absolute Gasteiger partial charge is 0.168 e. The first-order valence-corrected chi connectivity index (χ1v) is 7.39. The molecule has 2 heteroatoms. The van der Waals surface area contributed by atoms with Crippen molar-refractivity contribution in [1.82, 2.24) is 0 Å². The molecule has 108 valence electrons. The third kappa shape index (κ3) is 3.97. The van der Waals surface area contributed by atoms with E-state index in [1.165, 1.54) is 5.56 Å². The highest BCUT2D eigenvalue weighted by Gasteiger charge is 2.31. The van der Waals surface area contributed by atoms with Crippen LogP contribution in [0.5, 0.6) is 5.75 Å². The van der Waals surface area contributed by atoms with E-state index < -0.39 is 0 Å². The van der Waals surface area contributed by atoms with E-state index in [0.717, 1.165) is 18.6 Å². The van der Waals surface area contributed by atoms with Crippen LogP contribution in [0.1, 0.15) is 65.9 Å². The van der Waals surface area contributed by atoms with Crippen molar-refractivity contribution in [3.05, 3.63) is 29.8 Å². The first kappa shape index (κ1) is 16.0. The molecule has 1 aromatic carbocycles. The van der Waals surface area contributed by atoms with Gasteiger partial charge in [0.25, 0.3) is 0 Å². The first-order chi connectivity index (χ1) is 8.94. The lowest BCUT2D eigenvalue weighted by molar-refractivity contribution is -0.302. The molecule has 0 spiro atoms. The first-order valence-electron chi connectivity index (χ1n) is 7.39. The number of hydrogen-bond acceptors (Lipinski definition) is 2. The van der Waals surface area contributed by atoms with Gasteiger partial charge in [0, 0.05) is 5.56 Å². The third-order valence-corrected chi connectivity index (χ3v) is 4.22. The molecule has 19 heavy (non-hydrogen) atoms. The van der Waals surface area contributed by atoms with Crippen LogP contribution in [0.15, 0.2) is 24.3 Å². The van der Waals surface area contributed by atoms with Gasteiger partial charge in [-0.15, -0.1) is 0 Å². The lowest BCUT2D eigenvalue weighted by atomic mass is 9.86. The van der Waals surface area contributed by atoms with Crippen molar-refractivity contribution in [3.8, 4) is 5.75 Å². The molecule has 0 saturated heterocycles. The van der Waals surface area contributed by atoms with Crippen molar-refractivity contribution in [2.75, 3.05) is 0 Å². The van der Waals surface area contributed by atoms with Gasteiger partial charge in [0.2, 0.25) is 0 Å². The molecule has 0 aromatic heterocycles. The van der Waals surface area contributed by atoms with E-state index in [1.807, 2.05) is 18.2 Å². The Bertz CT molecular complexity index is 387. The highest BCUT2D eigenvalue weighted by atomic mass is 17.2. The van der Waals surface area contributed by atoms with Crippen LogP contribution >= 0.6 is 0 Å². The van der Waals surface area contributed by atoms with E-state index in [2.05, 4.69) is 47.6 Å². The van der Waals surface area contributed by atoms with Gasteiger partial charge < -0.3 is 4.89 Å². The Kier molecular flexibility index (Phi) is 5.86. The van der Waals surface area contributed by atoms with E-state index in [-0.39, 0.29) is 5.60 Å². The van der Waals surface area contributed by atoms with E-state index >= 15 is 0 Å². The third-order valence-electron chi connectivity index (χ3n) is 4.22. The van der Waals surface area contributed by atoms with Gasteiger partial charge in [0.15, 0.2) is 5.75 Å². The van der Waals surface area contributed by atoms with Crippen LogP contribution in [-0.2, 0) is 4.89 Å². The maximum Gasteiger partial charge on any atom is 0.168 e.